The molecule has 264 valence electrons. The summed E-state index contributed by atoms with van der Waals surface area (Å²) in [5.74, 6) is -5.51. The third-order valence-corrected chi connectivity index (χ3v) is 10.4. The van der Waals surface area contributed by atoms with Crippen LogP contribution in [0.2, 0.25) is 0 Å². The second kappa shape index (κ2) is 16.2. The van der Waals surface area contributed by atoms with Gasteiger partial charge >= 0.3 is 24.3 Å². The van der Waals surface area contributed by atoms with E-state index in [-0.39, 0.29) is 0 Å². The number of aromatic amines is 1. The molecule has 0 aliphatic carbocycles. The van der Waals surface area contributed by atoms with Crippen LogP contribution in [0.15, 0.2) is 76.6 Å². The lowest BCUT2D eigenvalue weighted by molar-refractivity contribution is -0.193. The Morgan fingerprint density at radius 1 is 0.918 bits per heavy atom. The predicted octanol–water partition coefficient (Wildman–Crippen LogP) is 6.86. The van der Waals surface area contributed by atoms with Gasteiger partial charge in [0.2, 0.25) is 0 Å². The summed E-state index contributed by atoms with van der Waals surface area (Å²) in [5.41, 5.74) is 3.33. The Labute approximate surface area is 283 Å². The molecular weight excluding hydrogens is 725 g/mol. The van der Waals surface area contributed by atoms with Gasteiger partial charge in [0.15, 0.2) is 0 Å². The van der Waals surface area contributed by atoms with E-state index in [0.717, 1.165) is 45.3 Å². The normalized spacial score (nSPS) is 11.8. The fourth-order valence-corrected chi connectivity index (χ4v) is 7.60. The maximum Gasteiger partial charge on any atom is 0.490 e. The number of carbonyl (C=O) groups is 2. The third kappa shape index (κ3) is 10.7. The molecule has 0 amide bonds. The maximum atomic E-state index is 13.3. The summed E-state index contributed by atoms with van der Waals surface area (Å²) in [4.78, 5) is 33.6. The molecule has 0 aliphatic heterocycles. The van der Waals surface area contributed by atoms with Gasteiger partial charge in [0.25, 0.3) is 10.0 Å². The van der Waals surface area contributed by atoms with Gasteiger partial charge in [-0.05, 0) is 49.7 Å². The number of nitrogens with one attached hydrogen (secondary N) is 1. The molecule has 4 aromatic heterocycles. The Kier molecular flexibility index (Phi) is 12.9. The Hall–Kier alpha value is -4.53. The second-order valence-corrected chi connectivity index (χ2v) is 13.9. The van der Waals surface area contributed by atoms with Crippen LogP contribution in [0.4, 0.5) is 32.0 Å². The van der Waals surface area contributed by atoms with Crippen molar-refractivity contribution in [3.8, 4) is 10.7 Å². The molecule has 1 aromatic carbocycles. The maximum absolute atomic E-state index is 13.3. The van der Waals surface area contributed by atoms with Gasteiger partial charge in [-0.1, -0.05) is 24.3 Å². The number of H-pyrrole nitrogens is 1. The Morgan fingerprint density at radius 2 is 1.57 bits per heavy atom. The first kappa shape index (κ1) is 38.9. The van der Waals surface area contributed by atoms with Crippen LogP contribution in [0.5, 0.6) is 0 Å². The largest absolute Gasteiger partial charge is 0.490 e. The fourth-order valence-electron chi connectivity index (χ4n) is 4.05. The molecule has 20 heteroatoms. The number of hydrogen-bond donors (Lipinski definition) is 3. The van der Waals surface area contributed by atoms with Gasteiger partial charge in [-0.3, -0.25) is 14.2 Å². The number of nitrogens with zero attached hydrogens (tertiary/aromatic N) is 4. The van der Waals surface area contributed by atoms with Crippen LogP contribution < -0.4 is 4.31 Å². The van der Waals surface area contributed by atoms with E-state index in [9.17, 15) is 34.8 Å². The van der Waals surface area contributed by atoms with Crippen molar-refractivity contribution in [3.05, 3.63) is 82.9 Å². The van der Waals surface area contributed by atoms with Crippen molar-refractivity contribution in [1.82, 2.24) is 19.9 Å². The number of carboxylic acids is 2. The molecule has 0 fully saturated rings. The average Bonchev–Trinajstić information content (AvgIpc) is 3.79. The lowest BCUT2D eigenvalue weighted by Crippen LogP contribution is -2.30. The molecule has 11 nitrogen and oxygen atoms in total. The number of hydrogen-bond acceptors (Lipinski definition) is 9. The summed E-state index contributed by atoms with van der Waals surface area (Å²) in [6, 6.07) is 17.1. The third-order valence-electron chi connectivity index (χ3n) is 6.08. The van der Waals surface area contributed by atoms with Crippen molar-refractivity contribution >= 4 is 61.2 Å². The molecule has 0 radical (unpaired) electrons. The number of rotatable bonds is 9. The van der Waals surface area contributed by atoms with Crippen LogP contribution in [0.3, 0.4) is 0 Å². The van der Waals surface area contributed by atoms with Gasteiger partial charge in [-0.2, -0.15) is 26.3 Å². The quantitative estimate of drug-likeness (QED) is 0.137. The van der Waals surface area contributed by atoms with Crippen molar-refractivity contribution < 1.29 is 54.6 Å². The lowest BCUT2D eigenvalue weighted by Gasteiger charge is -2.22. The van der Waals surface area contributed by atoms with E-state index in [2.05, 4.69) is 26.9 Å². The minimum atomic E-state index is -5.08. The highest BCUT2D eigenvalue weighted by Gasteiger charge is 2.39. The average molecular weight is 752 g/mol. The minimum absolute atomic E-state index is 0.331. The van der Waals surface area contributed by atoms with Gasteiger partial charge < -0.3 is 15.2 Å². The first-order valence-electron chi connectivity index (χ1n) is 13.7. The number of anilines is 1. The minimum Gasteiger partial charge on any atom is -0.475 e. The Balaban J connectivity index is 0.000000392. The van der Waals surface area contributed by atoms with E-state index in [0.29, 0.717) is 16.4 Å². The van der Waals surface area contributed by atoms with E-state index >= 15 is 0 Å². The number of para-hydroxylation sites is 1. The van der Waals surface area contributed by atoms with Crippen molar-refractivity contribution in [2.75, 3.05) is 17.9 Å². The van der Waals surface area contributed by atoms with Crippen molar-refractivity contribution in [3.63, 3.8) is 0 Å². The molecule has 0 aliphatic rings. The topological polar surface area (TPSA) is 157 Å². The van der Waals surface area contributed by atoms with E-state index in [1.807, 2.05) is 61.8 Å². The van der Waals surface area contributed by atoms with Crippen LogP contribution in [0, 0.1) is 0 Å². The second-order valence-electron chi connectivity index (χ2n) is 9.76. The lowest BCUT2D eigenvalue weighted by atomic mass is 10.2. The number of aliphatic carboxylic acids is 2. The molecule has 0 saturated carbocycles. The van der Waals surface area contributed by atoms with Gasteiger partial charge in [0, 0.05) is 42.3 Å². The Morgan fingerprint density at radius 3 is 2.10 bits per heavy atom. The molecular formula is C29H27F6N5O6S3. The number of alkyl halides is 6. The van der Waals surface area contributed by atoms with Gasteiger partial charge in [0.1, 0.15) is 9.22 Å². The monoisotopic (exact) mass is 751 g/mol. The van der Waals surface area contributed by atoms with E-state index < -0.39 is 34.3 Å². The molecule has 0 bridgehead atoms. The zero-order valence-electron chi connectivity index (χ0n) is 25.4. The standard InChI is InChI=1S/C25H25N5O2S3.2C2HF3O2/c1-3-30(35(31,32)23-11-7-13-33-23)22-10-6-8-18-14-21(28-24(18)22)25-27-15-20(34-25)17-29(2)16-19-9-4-5-12-26-19;2*3-2(4,5)1(6)7/h4-15,28H,3,16-17H2,1-2H3;2*(H,6,7). The molecule has 0 unspecified atom stereocenters. The number of thiazole rings is 1. The number of aromatic nitrogens is 3. The molecule has 5 aromatic rings. The summed E-state index contributed by atoms with van der Waals surface area (Å²) in [6.45, 7) is 3.71. The highest BCUT2D eigenvalue weighted by Crippen LogP contribution is 2.35. The van der Waals surface area contributed by atoms with Gasteiger partial charge in [-0.15, -0.1) is 22.7 Å². The number of sulfonamides is 1. The van der Waals surface area contributed by atoms with E-state index in [1.165, 1.54) is 15.6 Å². The highest BCUT2D eigenvalue weighted by atomic mass is 32.2. The van der Waals surface area contributed by atoms with Crippen LogP contribution in [0.1, 0.15) is 17.5 Å². The number of halogens is 6. The van der Waals surface area contributed by atoms with Crippen LogP contribution in [-0.4, -0.2) is 76.4 Å². The zero-order valence-corrected chi connectivity index (χ0v) is 27.8. The van der Waals surface area contributed by atoms with Crippen LogP contribution >= 0.6 is 22.7 Å². The van der Waals surface area contributed by atoms with Crippen molar-refractivity contribution in [2.45, 2.75) is 36.6 Å². The molecule has 4 heterocycles. The molecule has 5 rings (SSSR count). The number of benzene rings is 1. The first-order valence-corrected chi connectivity index (χ1v) is 16.8. The summed E-state index contributed by atoms with van der Waals surface area (Å²) in [7, 11) is -1.57. The smallest absolute Gasteiger partial charge is 0.475 e. The van der Waals surface area contributed by atoms with E-state index in [4.69, 9.17) is 19.8 Å². The van der Waals surface area contributed by atoms with Gasteiger partial charge in [-0.25, -0.2) is 23.0 Å². The highest BCUT2D eigenvalue weighted by molar-refractivity contribution is 7.94. The number of pyridine rings is 1. The van der Waals surface area contributed by atoms with Crippen molar-refractivity contribution in [2.24, 2.45) is 0 Å². The Bertz CT molecular complexity index is 1920. The number of carboxylic acid groups (broad SMARTS) is 2. The molecule has 0 atom stereocenters. The first-order chi connectivity index (χ1) is 22.8. The summed E-state index contributed by atoms with van der Waals surface area (Å²) >= 11 is 2.86. The predicted molar refractivity (Wildman–Crippen MR) is 171 cm³/mol. The van der Waals surface area contributed by atoms with Gasteiger partial charge in [0.05, 0.1) is 22.6 Å². The summed E-state index contributed by atoms with van der Waals surface area (Å²) < 4.78 is 91.8. The summed E-state index contributed by atoms with van der Waals surface area (Å²) in [5, 5.41) is 17.8. The molecule has 0 saturated heterocycles. The van der Waals surface area contributed by atoms with Crippen LogP contribution in [0.25, 0.3) is 21.6 Å². The molecule has 49 heavy (non-hydrogen) atoms. The molecule has 3 N–H and O–H groups in total. The number of thiophene rings is 1. The molecule has 0 spiro atoms. The number of fused-ring (bicyclic) bond motifs is 1. The van der Waals surface area contributed by atoms with Crippen molar-refractivity contribution in [1.29, 1.82) is 0 Å². The van der Waals surface area contributed by atoms with Crippen LogP contribution in [-0.2, 0) is 32.7 Å². The SMILES string of the molecule is CCN(c1cccc2cc(-c3ncc(CN(C)Cc4ccccn4)s3)[nH]c12)S(=O)(=O)c1cccs1.O=C(O)C(F)(F)F.O=C(O)C(F)(F)F. The summed E-state index contributed by atoms with van der Waals surface area (Å²) in [6.07, 6.45) is -6.45. The van der Waals surface area contributed by atoms with E-state index in [1.54, 1.807) is 28.8 Å². The fraction of sp³-hybridized carbons (Fsp3) is 0.241. The zero-order chi connectivity index (χ0) is 36.6.